The second kappa shape index (κ2) is 8.43. The molecular formula is C14H26N2O. The summed E-state index contributed by atoms with van der Waals surface area (Å²) in [6.45, 7) is 4.82. The number of allylic oxidation sites excluding steroid dienone is 2. The molecule has 1 N–H and O–H groups in total. The largest absolute Gasteiger partial charge is 0.379 e. The van der Waals surface area contributed by atoms with E-state index < -0.39 is 6.23 Å². The van der Waals surface area contributed by atoms with Gasteiger partial charge in [0, 0.05) is 12.8 Å². The molecule has 1 aliphatic heterocycles. The molecular weight excluding hydrogens is 212 g/mol. The zero-order chi connectivity index (χ0) is 12.5. The Morgan fingerprint density at radius 3 is 2.88 bits per heavy atom. The van der Waals surface area contributed by atoms with Gasteiger partial charge in [-0.05, 0) is 32.6 Å². The van der Waals surface area contributed by atoms with Crippen LogP contribution in [0.3, 0.4) is 0 Å². The summed E-state index contributed by atoms with van der Waals surface area (Å²) in [5.74, 6) is 0. The molecule has 2 unspecified atom stereocenters. The van der Waals surface area contributed by atoms with Gasteiger partial charge in [0.1, 0.15) is 12.4 Å². The van der Waals surface area contributed by atoms with Gasteiger partial charge in [-0.1, -0.05) is 31.9 Å². The highest BCUT2D eigenvalue weighted by atomic mass is 16.3. The SMILES string of the molecule is CCCCC/C=C/CCC1N=CCN1C(C)O. The smallest absolute Gasteiger partial charge is 0.106 e. The number of aliphatic hydroxyl groups excluding tert-OH is 1. The average Bonchev–Trinajstić information content (AvgIpc) is 2.76. The van der Waals surface area contributed by atoms with E-state index in [1.165, 1.54) is 25.7 Å². The molecule has 1 aliphatic rings. The summed E-state index contributed by atoms with van der Waals surface area (Å²) in [5, 5.41) is 9.55. The van der Waals surface area contributed by atoms with Gasteiger partial charge >= 0.3 is 0 Å². The predicted molar refractivity (Wildman–Crippen MR) is 73.2 cm³/mol. The standard InChI is InChI=1S/C14H26N2O/c1-3-4-5-6-7-8-9-10-14-15-11-12-16(14)13(2)17/h7-8,11,13-14,17H,3-6,9-10,12H2,1-2H3/b8-7+. The molecule has 2 atom stereocenters. The topological polar surface area (TPSA) is 35.8 Å². The first-order valence-corrected chi connectivity index (χ1v) is 6.86. The maximum atomic E-state index is 9.55. The quantitative estimate of drug-likeness (QED) is 0.521. The maximum absolute atomic E-state index is 9.55. The third-order valence-corrected chi connectivity index (χ3v) is 3.17. The van der Waals surface area contributed by atoms with Crippen LogP contribution >= 0.6 is 0 Å². The Hall–Kier alpha value is -0.670. The third kappa shape index (κ3) is 5.46. The van der Waals surface area contributed by atoms with Crippen molar-refractivity contribution < 1.29 is 5.11 Å². The van der Waals surface area contributed by atoms with Crippen molar-refractivity contribution in [2.75, 3.05) is 6.54 Å². The zero-order valence-corrected chi connectivity index (χ0v) is 11.2. The Morgan fingerprint density at radius 2 is 2.18 bits per heavy atom. The number of rotatable bonds is 8. The summed E-state index contributed by atoms with van der Waals surface area (Å²) in [4.78, 5) is 6.41. The lowest BCUT2D eigenvalue weighted by Gasteiger charge is -2.25. The minimum atomic E-state index is -0.393. The molecule has 17 heavy (non-hydrogen) atoms. The molecule has 1 heterocycles. The van der Waals surface area contributed by atoms with Crippen LogP contribution in [0.25, 0.3) is 0 Å². The van der Waals surface area contributed by atoms with E-state index in [4.69, 9.17) is 0 Å². The van der Waals surface area contributed by atoms with Crippen LogP contribution in [0.15, 0.2) is 17.1 Å². The van der Waals surface area contributed by atoms with E-state index in [1.807, 2.05) is 18.0 Å². The lowest BCUT2D eigenvalue weighted by Crippen LogP contribution is -2.37. The second-order valence-corrected chi connectivity index (χ2v) is 4.69. The fourth-order valence-electron chi connectivity index (χ4n) is 2.11. The molecule has 0 aromatic heterocycles. The fraction of sp³-hybridized carbons (Fsp3) is 0.786. The molecule has 0 bridgehead atoms. The molecule has 0 aromatic rings. The average molecular weight is 238 g/mol. The number of unbranched alkanes of at least 4 members (excludes halogenated alkanes) is 3. The molecule has 1 rings (SSSR count). The van der Waals surface area contributed by atoms with Gasteiger partial charge in [0.15, 0.2) is 0 Å². The van der Waals surface area contributed by atoms with Gasteiger partial charge in [0.05, 0.1) is 0 Å². The van der Waals surface area contributed by atoms with Crippen LogP contribution in [-0.4, -0.2) is 35.2 Å². The van der Waals surface area contributed by atoms with E-state index in [1.54, 1.807) is 0 Å². The highest BCUT2D eigenvalue weighted by molar-refractivity contribution is 5.62. The Morgan fingerprint density at radius 1 is 1.41 bits per heavy atom. The van der Waals surface area contributed by atoms with Crippen LogP contribution in [0.1, 0.15) is 52.4 Å². The van der Waals surface area contributed by atoms with E-state index in [0.29, 0.717) is 0 Å². The van der Waals surface area contributed by atoms with Gasteiger partial charge in [0.25, 0.3) is 0 Å². The summed E-state index contributed by atoms with van der Waals surface area (Å²) >= 11 is 0. The molecule has 0 aromatic carbocycles. The summed E-state index contributed by atoms with van der Waals surface area (Å²) < 4.78 is 0. The van der Waals surface area contributed by atoms with Gasteiger partial charge in [0.2, 0.25) is 0 Å². The molecule has 98 valence electrons. The summed E-state index contributed by atoms with van der Waals surface area (Å²) in [6, 6.07) is 0. The molecule has 0 fully saturated rings. The fourth-order valence-corrected chi connectivity index (χ4v) is 2.11. The van der Waals surface area contributed by atoms with Crippen LogP contribution < -0.4 is 0 Å². The van der Waals surface area contributed by atoms with Crippen LogP contribution in [0, 0.1) is 0 Å². The summed E-state index contributed by atoms with van der Waals surface area (Å²) in [7, 11) is 0. The van der Waals surface area contributed by atoms with Crippen molar-refractivity contribution in [2.24, 2.45) is 4.99 Å². The van der Waals surface area contributed by atoms with E-state index in [2.05, 4.69) is 24.1 Å². The first-order valence-electron chi connectivity index (χ1n) is 6.86. The molecule has 0 spiro atoms. The zero-order valence-electron chi connectivity index (χ0n) is 11.2. The maximum Gasteiger partial charge on any atom is 0.106 e. The first-order chi connectivity index (χ1) is 8.25. The lowest BCUT2D eigenvalue weighted by atomic mass is 10.1. The normalized spacial score (nSPS) is 22.6. The lowest BCUT2D eigenvalue weighted by molar-refractivity contribution is 0.00797. The van der Waals surface area contributed by atoms with Gasteiger partial charge in [-0.15, -0.1) is 0 Å². The van der Waals surface area contributed by atoms with Crippen molar-refractivity contribution in [1.29, 1.82) is 0 Å². The second-order valence-electron chi connectivity index (χ2n) is 4.69. The molecule has 0 radical (unpaired) electrons. The van der Waals surface area contributed by atoms with E-state index >= 15 is 0 Å². The minimum absolute atomic E-state index is 0.176. The summed E-state index contributed by atoms with van der Waals surface area (Å²) in [6.07, 6.45) is 13.4. The van der Waals surface area contributed by atoms with Gasteiger partial charge in [-0.2, -0.15) is 0 Å². The number of hydrogen-bond acceptors (Lipinski definition) is 3. The van der Waals surface area contributed by atoms with Crippen molar-refractivity contribution in [3.63, 3.8) is 0 Å². The minimum Gasteiger partial charge on any atom is -0.379 e. The van der Waals surface area contributed by atoms with Gasteiger partial charge in [-0.3, -0.25) is 9.89 Å². The van der Waals surface area contributed by atoms with E-state index in [0.717, 1.165) is 19.4 Å². The molecule has 0 aliphatic carbocycles. The van der Waals surface area contributed by atoms with Crippen molar-refractivity contribution >= 4 is 6.21 Å². The molecule has 0 saturated carbocycles. The molecule has 3 heteroatoms. The monoisotopic (exact) mass is 238 g/mol. The highest BCUT2D eigenvalue weighted by Crippen LogP contribution is 2.15. The Balaban J connectivity index is 2.11. The molecule has 0 amide bonds. The van der Waals surface area contributed by atoms with Gasteiger partial charge in [-0.25, -0.2) is 0 Å². The first kappa shape index (κ1) is 14.4. The highest BCUT2D eigenvalue weighted by Gasteiger charge is 2.23. The van der Waals surface area contributed by atoms with Crippen molar-refractivity contribution in [1.82, 2.24) is 4.90 Å². The van der Waals surface area contributed by atoms with Crippen LogP contribution in [0.5, 0.6) is 0 Å². The van der Waals surface area contributed by atoms with E-state index in [9.17, 15) is 5.11 Å². The van der Waals surface area contributed by atoms with Crippen molar-refractivity contribution in [3.8, 4) is 0 Å². The predicted octanol–water partition coefficient (Wildman–Crippen LogP) is 2.95. The van der Waals surface area contributed by atoms with Crippen molar-refractivity contribution in [2.45, 2.75) is 64.8 Å². The van der Waals surface area contributed by atoms with Crippen LogP contribution in [-0.2, 0) is 0 Å². The molecule has 0 saturated heterocycles. The number of nitrogens with zero attached hydrogens (tertiary/aromatic N) is 2. The molecule has 3 nitrogen and oxygen atoms in total. The Bertz CT molecular complexity index is 249. The van der Waals surface area contributed by atoms with E-state index in [-0.39, 0.29) is 6.17 Å². The number of aliphatic imine (C=N–C) groups is 1. The number of hydrogen-bond donors (Lipinski definition) is 1. The van der Waals surface area contributed by atoms with Gasteiger partial charge < -0.3 is 5.11 Å². The Kier molecular flexibility index (Phi) is 7.13. The number of aliphatic hydroxyl groups is 1. The van der Waals surface area contributed by atoms with Crippen LogP contribution in [0.4, 0.5) is 0 Å². The Labute approximate surface area is 105 Å². The van der Waals surface area contributed by atoms with Crippen LogP contribution in [0.2, 0.25) is 0 Å². The third-order valence-electron chi connectivity index (χ3n) is 3.17. The van der Waals surface area contributed by atoms with Crippen molar-refractivity contribution in [3.05, 3.63) is 12.2 Å². The summed E-state index contributed by atoms with van der Waals surface area (Å²) in [5.41, 5.74) is 0.